The fourth-order valence-electron chi connectivity index (χ4n) is 4.20. The molecule has 0 bridgehead atoms. The van der Waals surface area contributed by atoms with Crippen LogP contribution in [0.5, 0.6) is 11.5 Å². The van der Waals surface area contributed by atoms with Gasteiger partial charge in [-0.15, -0.1) is 0 Å². The molecule has 28 heavy (non-hydrogen) atoms. The molecular weight excluding hydrogens is 356 g/mol. The third-order valence-corrected chi connectivity index (χ3v) is 5.73. The van der Waals surface area contributed by atoms with Crippen molar-refractivity contribution in [1.29, 1.82) is 0 Å². The van der Waals surface area contributed by atoms with Crippen LogP contribution in [0.1, 0.15) is 17.5 Å². The molecule has 0 aromatic heterocycles. The lowest BCUT2D eigenvalue weighted by atomic mass is 9.98. The Bertz CT molecular complexity index is 842. The van der Waals surface area contributed by atoms with Crippen LogP contribution in [0.25, 0.3) is 0 Å². The maximum absolute atomic E-state index is 12.4. The second-order valence-electron chi connectivity index (χ2n) is 7.49. The summed E-state index contributed by atoms with van der Waals surface area (Å²) < 4.78 is 16.4. The van der Waals surface area contributed by atoms with Gasteiger partial charge in [0.2, 0.25) is 0 Å². The number of rotatable bonds is 6. The molecule has 2 aromatic rings. The molecule has 2 aliphatic rings. The van der Waals surface area contributed by atoms with Gasteiger partial charge in [0.15, 0.2) is 0 Å². The van der Waals surface area contributed by atoms with E-state index >= 15 is 0 Å². The number of methoxy groups -OCH3 is 2. The highest BCUT2D eigenvalue weighted by atomic mass is 16.6. The quantitative estimate of drug-likeness (QED) is 0.767. The molecule has 6 heteroatoms. The van der Waals surface area contributed by atoms with Crippen molar-refractivity contribution in [3.8, 4) is 11.5 Å². The Labute approximate surface area is 165 Å². The minimum Gasteiger partial charge on any atom is -0.497 e. The lowest BCUT2D eigenvalue weighted by molar-refractivity contribution is 0.145. The van der Waals surface area contributed by atoms with E-state index in [-0.39, 0.29) is 11.6 Å². The van der Waals surface area contributed by atoms with Crippen molar-refractivity contribution in [2.75, 3.05) is 33.9 Å². The van der Waals surface area contributed by atoms with E-state index in [0.29, 0.717) is 13.2 Å². The number of amides is 1. The van der Waals surface area contributed by atoms with Crippen LogP contribution < -0.4 is 9.47 Å². The van der Waals surface area contributed by atoms with Gasteiger partial charge >= 0.3 is 6.09 Å². The number of carbonyl (C=O) groups excluding carboxylic acids is 1. The molecule has 2 saturated heterocycles. The molecule has 2 fully saturated rings. The van der Waals surface area contributed by atoms with Crippen LogP contribution in [-0.2, 0) is 17.8 Å². The largest absolute Gasteiger partial charge is 0.497 e. The van der Waals surface area contributed by atoms with Crippen molar-refractivity contribution in [3.63, 3.8) is 0 Å². The second-order valence-corrected chi connectivity index (χ2v) is 7.49. The van der Waals surface area contributed by atoms with Crippen molar-refractivity contribution in [3.05, 3.63) is 59.7 Å². The first-order valence-corrected chi connectivity index (χ1v) is 9.55. The summed E-state index contributed by atoms with van der Waals surface area (Å²) in [6.07, 6.45) is 0.683. The monoisotopic (exact) mass is 382 g/mol. The van der Waals surface area contributed by atoms with Crippen LogP contribution in [0.4, 0.5) is 4.79 Å². The molecule has 1 amide bonds. The number of nitrogens with zero attached hydrogens (tertiary/aromatic N) is 2. The van der Waals surface area contributed by atoms with E-state index in [9.17, 15) is 4.79 Å². The molecule has 2 aliphatic heterocycles. The first-order chi connectivity index (χ1) is 13.6. The molecule has 1 atom stereocenters. The summed E-state index contributed by atoms with van der Waals surface area (Å²) in [6, 6.07) is 15.9. The highest BCUT2D eigenvalue weighted by molar-refractivity contribution is 5.71. The summed E-state index contributed by atoms with van der Waals surface area (Å²) in [7, 11) is 3.35. The van der Waals surface area contributed by atoms with Gasteiger partial charge in [-0.1, -0.05) is 30.3 Å². The van der Waals surface area contributed by atoms with Gasteiger partial charge < -0.3 is 14.2 Å². The molecule has 6 nitrogen and oxygen atoms in total. The zero-order valence-corrected chi connectivity index (χ0v) is 16.4. The minimum absolute atomic E-state index is 0.218. The van der Waals surface area contributed by atoms with Gasteiger partial charge in [-0.25, -0.2) is 4.79 Å². The van der Waals surface area contributed by atoms with Crippen molar-refractivity contribution in [1.82, 2.24) is 9.80 Å². The standard InChI is InChI=1S/C22H26N2O4/c1-26-19-8-9-20(27-2)18(12-19)14-23-11-10-22(15-23)16-28-21(25)24(22)13-17-6-4-3-5-7-17/h3-9,12H,10-11,13-16H2,1-2H3. The molecule has 0 radical (unpaired) electrons. The zero-order valence-electron chi connectivity index (χ0n) is 16.4. The highest BCUT2D eigenvalue weighted by Gasteiger charge is 2.51. The summed E-state index contributed by atoms with van der Waals surface area (Å²) in [5.74, 6) is 1.66. The predicted molar refractivity (Wildman–Crippen MR) is 106 cm³/mol. The lowest BCUT2D eigenvalue weighted by Crippen LogP contribution is -2.48. The van der Waals surface area contributed by atoms with Gasteiger partial charge in [-0.05, 0) is 30.2 Å². The number of likely N-dealkylation sites (tertiary alicyclic amines) is 1. The van der Waals surface area contributed by atoms with Gasteiger partial charge in [0.25, 0.3) is 0 Å². The van der Waals surface area contributed by atoms with Gasteiger partial charge in [0, 0.05) is 31.7 Å². The summed E-state index contributed by atoms with van der Waals surface area (Å²) in [6.45, 7) is 3.46. The molecular formula is C22H26N2O4. The predicted octanol–water partition coefficient (Wildman–Crippen LogP) is 3.30. The second kappa shape index (κ2) is 7.72. The van der Waals surface area contributed by atoms with Crippen LogP contribution >= 0.6 is 0 Å². The van der Waals surface area contributed by atoms with E-state index in [1.54, 1.807) is 14.2 Å². The average Bonchev–Trinajstić information content (AvgIpc) is 3.27. The van der Waals surface area contributed by atoms with E-state index < -0.39 is 0 Å². The first-order valence-electron chi connectivity index (χ1n) is 9.55. The number of ether oxygens (including phenoxy) is 3. The van der Waals surface area contributed by atoms with Crippen LogP contribution in [-0.4, -0.2) is 55.3 Å². The Hall–Kier alpha value is -2.73. The number of benzene rings is 2. The Morgan fingerprint density at radius 3 is 2.64 bits per heavy atom. The van der Waals surface area contributed by atoms with Gasteiger partial charge in [0.1, 0.15) is 18.1 Å². The zero-order chi connectivity index (χ0) is 19.6. The van der Waals surface area contributed by atoms with Crippen molar-refractivity contribution >= 4 is 6.09 Å². The Kier molecular flexibility index (Phi) is 5.13. The number of hydrogen-bond donors (Lipinski definition) is 0. The topological polar surface area (TPSA) is 51.2 Å². The average molecular weight is 382 g/mol. The molecule has 2 aromatic carbocycles. The maximum Gasteiger partial charge on any atom is 0.410 e. The lowest BCUT2D eigenvalue weighted by Gasteiger charge is -2.32. The summed E-state index contributed by atoms with van der Waals surface area (Å²) >= 11 is 0. The molecule has 0 saturated carbocycles. The highest BCUT2D eigenvalue weighted by Crippen LogP contribution is 2.36. The fourth-order valence-corrected chi connectivity index (χ4v) is 4.20. The Morgan fingerprint density at radius 2 is 1.89 bits per heavy atom. The molecule has 2 heterocycles. The van der Waals surface area contributed by atoms with E-state index in [2.05, 4.69) is 4.90 Å². The SMILES string of the molecule is COc1ccc(OC)c(CN2CCC3(COC(=O)N3Cc3ccccc3)C2)c1. The summed E-state index contributed by atoms with van der Waals surface area (Å²) in [5, 5.41) is 0. The van der Waals surface area contributed by atoms with Gasteiger partial charge in [-0.2, -0.15) is 0 Å². The Balaban J connectivity index is 1.50. The summed E-state index contributed by atoms with van der Waals surface area (Å²) in [5.41, 5.74) is 1.94. The van der Waals surface area contributed by atoms with Crippen molar-refractivity contribution in [2.45, 2.75) is 25.0 Å². The number of carbonyl (C=O) groups is 1. The molecule has 1 unspecified atom stereocenters. The van der Waals surface area contributed by atoms with E-state index in [1.165, 1.54) is 0 Å². The molecule has 0 N–H and O–H groups in total. The van der Waals surface area contributed by atoms with Crippen LogP contribution in [0.15, 0.2) is 48.5 Å². The smallest absolute Gasteiger partial charge is 0.410 e. The fraction of sp³-hybridized carbons (Fsp3) is 0.409. The van der Waals surface area contributed by atoms with E-state index in [4.69, 9.17) is 14.2 Å². The van der Waals surface area contributed by atoms with Gasteiger partial charge in [-0.3, -0.25) is 9.80 Å². The maximum atomic E-state index is 12.4. The third kappa shape index (κ3) is 3.52. The molecule has 0 aliphatic carbocycles. The minimum atomic E-state index is -0.265. The van der Waals surface area contributed by atoms with Crippen molar-refractivity contribution in [2.24, 2.45) is 0 Å². The van der Waals surface area contributed by atoms with E-state index in [0.717, 1.165) is 48.7 Å². The number of cyclic esters (lactones) is 1. The van der Waals surface area contributed by atoms with Crippen LogP contribution in [0, 0.1) is 0 Å². The van der Waals surface area contributed by atoms with Crippen LogP contribution in [0.3, 0.4) is 0 Å². The third-order valence-electron chi connectivity index (χ3n) is 5.73. The summed E-state index contributed by atoms with van der Waals surface area (Å²) in [4.78, 5) is 16.7. The normalized spacial score (nSPS) is 21.9. The molecule has 148 valence electrons. The molecule has 1 spiro atoms. The van der Waals surface area contributed by atoms with Gasteiger partial charge in [0.05, 0.1) is 19.8 Å². The first kappa shape index (κ1) is 18.6. The number of hydrogen-bond acceptors (Lipinski definition) is 5. The van der Waals surface area contributed by atoms with E-state index in [1.807, 2.05) is 53.4 Å². The van der Waals surface area contributed by atoms with Crippen LogP contribution in [0.2, 0.25) is 0 Å². The molecule has 4 rings (SSSR count). The van der Waals surface area contributed by atoms with Crippen molar-refractivity contribution < 1.29 is 19.0 Å². The Morgan fingerprint density at radius 1 is 1.07 bits per heavy atom.